The fourth-order valence-electron chi connectivity index (χ4n) is 4.49. The summed E-state index contributed by atoms with van der Waals surface area (Å²) < 4.78 is 39.2. The smallest absolute Gasteiger partial charge is 0.240 e. The van der Waals surface area contributed by atoms with Crippen LogP contribution in [0.5, 0.6) is 0 Å². The average molecular weight is 476 g/mol. The van der Waals surface area contributed by atoms with E-state index in [-0.39, 0.29) is 29.8 Å². The second-order valence-corrected chi connectivity index (χ2v) is 10.5. The van der Waals surface area contributed by atoms with Crippen LogP contribution in [-0.2, 0) is 32.4 Å². The number of hydrogen-bond donors (Lipinski definition) is 2. The fourth-order valence-corrected chi connectivity index (χ4v) is 5.57. The van der Waals surface area contributed by atoms with Crippen LogP contribution < -0.4 is 10.0 Å². The number of nitrogens with zero attached hydrogens (tertiary/aromatic N) is 1. The van der Waals surface area contributed by atoms with E-state index in [1.165, 1.54) is 5.56 Å². The van der Waals surface area contributed by atoms with E-state index in [2.05, 4.69) is 14.9 Å². The summed E-state index contributed by atoms with van der Waals surface area (Å²) in [6.07, 6.45) is 4.23. The van der Waals surface area contributed by atoms with Gasteiger partial charge >= 0.3 is 0 Å². The molecule has 2 heterocycles. The van der Waals surface area contributed by atoms with Gasteiger partial charge in [-0.25, -0.2) is 13.1 Å². The number of amides is 1. The molecular formula is C24H33N3O5S. The van der Waals surface area contributed by atoms with Gasteiger partial charge in [-0.2, -0.15) is 0 Å². The summed E-state index contributed by atoms with van der Waals surface area (Å²) in [5.74, 6) is 1.43. The number of hydrogen-bond acceptors (Lipinski definition) is 6. The molecule has 1 aromatic heterocycles. The Balaban J connectivity index is 1.29. The number of nitrogens with one attached hydrogen (secondary N) is 2. The van der Waals surface area contributed by atoms with Crippen LogP contribution in [0.3, 0.4) is 0 Å². The molecule has 2 aromatic rings. The van der Waals surface area contributed by atoms with E-state index in [1.807, 2.05) is 25.1 Å². The molecule has 1 unspecified atom stereocenters. The molecule has 0 bridgehead atoms. The van der Waals surface area contributed by atoms with Crippen LogP contribution in [0.15, 0.2) is 39.6 Å². The van der Waals surface area contributed by atoms with Crippen LogP contribution in [-0.4, -0.2) is 58.6 Å². The molecule has 0 spiro atoms. The highest BCUT2D eigenvalue weighted by Crippen LogP contribution is 2.25. The summed E-state index contributed by atoms with van der Waals surface area (Å²) in [5.41, 5.74) is 2.35. The van der Waals surface area contributed by atoms with Crippen LogP contribution in [0.4, 0.5) is 0 Å². The van der Waals surface area contributed by atoms with Crippen molar-refractivity contribution in [3.63, 3.8) is 0 Å². The molecule has 2 aliphatic rings. The number of rotatable bonds is 9. The average Bonchev–Trinajstić information content (AvgIpc) is 3.25. The van der Waals surface area contributed by atoms with Crippen molar-refractivity contribution in [1.82, 2.24) is 14.9 Å². The first-order chi connectivity index (χ1) is 15.9. The number of morpholine rings is 1. The predicted octanol–water partition coefficient (Wildman–Crippen LogP) is 2.32. The Morgan fingerprint density at radius 1 is 1.09 bits per heavy atom. The lowest BCUT2D eigenvalue weighted by Gasteiger charge is -2.33. The molecular weight excluding hydrogens is 442 g/mol. The molecule has 1 atom stereocenters. The van der Waals surface area contributed by atoms with Gasteiger partial charge in [0.1, 0.15) is 11.5 Å². The molecule has 0 saturated carbocycles. The van der Waals surface area contributed by atoms with Crippen LogP contribution in [0.2, 0.25) is 0 Å². The summed E-state index contributed by atoms with van der Waals surface area (Å²) in [5, 5.41) is 2.94. The predicted molar refractivity (Wildman–Crippen MR) is 124 cm³/mol. The van der Waals surface area contributed by atoms with Crippen LogP contribution >= 0.6 is 0 Å². The third-order valence-electron chi connectivity index (χ3n) is 6.34. The normalized spacial score (nSPS) is 18.0. The highest BCUT2D eigenvalue weighted by Gasteiger charge is 2.26. The Morgan fingerprint density at radius 3 is 2.58 bits per heavy atom. The Bertz CT molecular complexity index is 1060. The van der Waals surface area contributed by atoms with Crippen molar-refractivity contribution in [3.8, 4) is 0 Å². The largest absolute Gasteiger partial charge is 0.465 e. The van der Waals surface area contributed by atoms with E-state index in [0.29, 0.717) is 19.8 Å². The van der Waals surface area contributed by atoms with Crippen molar-refractivity contribution in [2.24, 2.45) is 0 Å². The van der Waals surface area contributed by atoms with Gasteiger partial charge in [-0.05, 0) is 68.0 Å². The first-order valence-electron chi connectivity index (χ1n) is 11.7. The molecule has 1 amide bonds. The maximum atomic E-state index is 12.7. The summed E-state index contributed by atoms with van der Waals surface area (Å²) in [6.45, 7) is 5.16. The van der Waals surface area contributed by atoms with E-state index in [1.54, 1.807) is 12.1 Å². The van der Waals surface area contributed by atoms with Crippen LogP contribution in [0.1, 0.15) is 48.0 Å². The van der Waals surface area contributed by atoms with Crippen molar-refractivity contribution in [1.29, 1.82) is 0 Å². The standard InChI is InChI=1S/C24H33N3O5S/c1-18-6-9-23(32-18)22(27-12-14-31-15-13-27)17-25-24(28)10-11-26-33(29,30)21-8-7-19-4-2-3-5-20(19)16-21/h6-9,16,22,26H,2-5,10-15,17H2,1H3,(H,25,28). The molecule has 1 aliphatic carbocycles. The van der Waals surface area contributed by atoms with Crippen LogP contribution in [0, 0.1) is 6.92 Å². The van der Waals surface area contributed by atoms with Gasteiger partial charge in [0.05, 0.1) is 24.2 Å². The number of aryl methyl sites for hydroxylation is 3. The first kappa shape index (κ1) is 23.9. The first-order valence-corrected chi connectivity index (χ1v) is 13.2. The molecule has 4 rings (SSSR count). The van der Waals surface area contributed by atoms with Gasteiger partial charge in [0.2, 0.25) is 15.9 Å². The minimum atomic E-state index is -3.65. The molecule has 1 aliphatic heterocycles. The van der Waals surface area contributed by atoms with Crippen LogP contribution in [0.25, 0.3) is 0 Å². The second-order valence-electron chi connectivity index (χ2n) is 8.70. The maximum absolute atomic E-state index is 12.7. The monoisotopic (exact) mass is 475 g/mol. The molecule has 8 nitrogen and oxygen atoms in total. The SMILES string of the molecule is Cc1ccc(C(CNC(=O)CCNS(=O)(=O)c2ccc3c(c2)CCCC3)N2CCOCC2)o1. The molecule has 180 valence electrons. The van der Waals surface area contributed by atoms with Crippen molar-refractivity contribution in [2.75, 3.05) is 39.4 Å². The zero-order valence-corrected chi connectivity index (χ0v) is 20.0. The highest BCUT2D eigenvalue weighted by molar-refractivity contribution is 7.89. The number of fused-ring (bicyclic) bond motifs is 1. The Kier molecular flexibility index (Phi) is 7.85. The quantitative estimate of drug-likeness (QED) is 0.577. The lowest BCUT2D eigenvalue weighted by Crippen LogP contribution is -2.44. The van der Waals surface area contributed by atoms with Gasteiger partial charge in [0.15, 0.2) is 0 Å². The zero-order valence-electron chi connectivity index (χ0n) is 19.1. The van der Waals surface area contributed by atoms with Gasteiger partial charge in [0, 0.05) is 32.6 Å². The molecule has 9 heteroatoms. The molecule has 1 saturated heterocycles. The summed E-state index contributed by atoms with van der Waals surface area (Å²) >= 11 is 0. The Labute approximate surface area is 195 Å². The molecule has 33 heavy (non-hydrogen) atoms. The zero-order chi connectivity index (χ0) is 23.3. The number of ether oxygens (including phenoxy) is 1. The Morgan fingerprint density at radius 2 is 1.85 bits per heavy atom. The third kappa shape index (κ3) is 6.23. The number of carbonyl (C=O) groups excluding carboxylic acids is 1. The lowest BCUT2D eigenvalue weighted by molar-refractivity contribution is -0.121. The van der Waals surface area contributed by atoms with Crippen molar-refractivity contribution < 1.29 is 22.4 Å². The molecule has 1 fully saturated rings. The number of furan rings is 1. The van der Waals surface area contributed by atoms with Gasteiger partial charge in [-0.3, -0.25) is 9.69 Å². The maximum Gasteiger partial charge on any atom is 0.240 e. The summed E-state index contributed by atoms with van der Waals surface area (Å²) in [7, 11) is -3.65. The summed E-state index contributed by atoms with van der Waals surface area (Å²) in [6, 6.07) is 9.12. The van der Waals surface area contributed by atoms with E-state index >= 15 is 0 Å². The van der Waals surface area contributed by atoms with E-state index in [9.17, 15) is 13.2 Å². The van der Waals surface area contributed by atoms with Crippen molar-refractivity contribution in [3.05, 3.63) is 53.0 Å². The summed E-state index contributed by atoms with van der Waals surface area (Å²) in [4.78, 5) is 15.0. The fraction of sp³-hybridized carbons (Fsp3) is 0.542. The lowest BCUT2D eigenvalue weighted by atomic mass is 9.92. The van der Waals surface area contributed by atoms with E-state index in [4.69, 9.17) is 9.15 Å². The molecule has 0 radical (unpaired) electrons. The molecule has 2 N–H and O–H groups in total. The minimum Gasteiger partial charge on any atom is -0.465 e. The van der Waals surface area contributed by atoms with Crippen molar-refractivity contribution in [2.45, 2.75) is 50.0 Å². The van der Waals surface area contributed by atoms with Gasteiger partial charge in [0.25, 0.3) is 0 Å². The van der Waals surface area contributed by atoms with Crippen molar-refractivity contribution >= 4 is 15.9 Å². The molecule has 1 aromatic carbocycles. The highest BCUT2D eigenvalue weighted by atomic mass is 32.2. The topological polar surface area (TPSA) is 101 Å². The second kappa shape index (κ2) is 10.8. The van der Waals surface area contributed by atoms with E-state index < -0.39 is 10.0 Å². The van der Waals surface area contributed by atoms with Gasteiger partial charge < -0.3 is 14.5 Å². The number of benzene rings is 1. The van der Waals surface area contributed by atoms with E-state index in [0.717, 1.165) is 55.9 Å². The van der Waals surface area contributed by atoms with Gasteiger partial charge in [-0.1, -0.05) is 6.07 Å². The Hall–Kier alpha value is -2.20. The number of sulfonamides is 1. The van der Waals surface area contributed by atoms with Gasteiger partial charge in [-0.15, -0.1) is 0 Å². The number of carbonyl (C=O) groups is 1. The minimum absolute atomic E-state index is 0.0489. The third-order valence-corrected chi connectivity index (χ3v) is 7.80.